The molecule has 3 saturated heterocycles. The van der Waals surface area contributed by atoms with E-state index in [0.717, 1.165) is 27.1 Å². The normalized spacial score (nSPS) is 23.5. The highest BCUT2D eigenvalue weighted by Crippen LogP contribution is 2.46. The van der Waals surface area contributed by atoms with Crippen LogP contribution in [0.1, 0.15) is 55.6 Å². The summed E-state index contributed by atoms with van der Waals surface area (Å²) in [7, 11) is -1.26. The molecule has 304 valence electrons. The molecule has 0 aliphatic carbocycles. The minimum atomic E-state index is -5.75. The Morgan fingerprint density at radius 2 is 1.41 bits per heavy atom. The van der Waals surface area contributed by atoms with Gasteiger partial charge in [-0.05, 0) is 69.3 Å². The van der Waals surface area contributed by atoms with Crippen molar-refractivity contribution < 1.29 is 45.4 Å². The predicted molar refractivity (Wildman–Crippen MR) is 204 cm³/mol. The van der Waals surface area contributed by atoms with Gasteiger partial charge in [-0.15, -0.1) is 0 Å². The molecule has 56 heavy (non-hydrogen) atoms. The van der Waals surface area contributed by atoms with Crippen LogP contribution in [0.2, 0.25) is 10.0 Å². The molecule has 2 bridgehead atoms. The molecule has 4 heterocycles. The van der Waals surface area contributed by atoms with Crippen molar-refractivity contribution >= 4 is 56.8 Å². The molecule has 1 amide bonds. The number of aryl methyl sites for hydroxylation is 1. The maximum Gasteiger partial charge on any atom is 0.516 e. The van der Waals surface area contributed by atoms with Crippen LogP contribution in [0.5, 0.6) is 0 Å². The number of carbonyl (C=O) groups excluding carboxylic acids is 3. The predicted octanol–water partition coefficient (Wildman–Crippen LogP) is 5.59. The topological polar surface area (TPSA) is 138 Å². The Morgan fingerprint density at radius 1 is 0.839 bits per heavy atom. The van der Waals surface area contributed by atoms with E-state index in [-0.39, 0.29) is 74.6 Å². The number of rotatable bonds is 11. The molecular formula is C38H44Cl2F3N5O7S. The van der Waals surface area contributed by atoms with Crippen molar-refractivity contribution in [2.24, 2.45) is 0 Å². The maximum atomic E-state index is 14.1. The minimum Gasteiger partial charge on any atom is -0.466 e. The lowest BCUT2D eigenvalue weighted by molar-refractivity contribution is -0.137. The first-order valence-electron chi connectivity index (χ1n) is 18.3. The van der Waals surface area contributed by atoms with E-state index >= 15 is 0 Å². The summed E-state index contributed by atoms with van der Waals surface area (Å²) >= 11 is 13.4. The fraction of sp³-hybridized carbons (Fsp3) is 0.500. The van der Waals surface area contributed by atoms with Crippen LogP contribution in [-0.2, 0) is 40.3 Å². The number of piperidine rings is 1. The van der Waals surface area contributed by atoms with Crippen LogP contribution in [0, 0.1) is 0 Å². The molecule has 3 fully saturated rings. The number of methoxy groups -OCH3 is 2. The summed E-state index contributed by atoms with van der Waals surface area (Å²) in [6.07, 6.45) is 4.10. The highest BCUT2D eigenvalue weighted by Gasteiger charge is 2.47. The van der Waals surface area contributed by atoms with Gasteiger partial charge < -0.3 is 24.6 Å². The summed E-state index contributed by atoms with van der Waals surface area (Å²) in [5.41, 5.74) is -5.48. The standard InChI is InChI=1S/C38H44Cl2F3N5O7S/c1-46-23-12-13-24(46)20-25(19-23)47-15-17-48(18-16-47)31(49)21-30-34(37(51)55-3)35(32-26(39)8-6-9-27(32)40)33(36(50)54-2)29(44-30)14-11-22-7-4-5-10-28(22)45-56(52,53)38(41,42)43/h4-10,23-25,35,44-45H,11-21H2,1-3H3. The zero-order chi connectivity index (χ0) is 40.5. The number of alkyl halides is 3. The van der Waals surface area contributed by atoms with Gasteiger partial charge in [0.15, 0.2) is 0 Å². The summed E-state index contributed by atoms with van der Waals surface area (Å²) in [5, 5.41) is 3.33. The first-order valence-corrected chi connectivity index (χ1v) is 20.5. The molecule has 2 aromatic carbocycles. The number of nitrogens with one attached hydrogen (secondary N) is 2. The number of allylic oxidation sites excluding steroid dienone is 1. The fourth-order valence-electron chi connectivity index (χ4n) is 8.50. The van der Waals surface area contributed by atoms with Crippen LogP contribution in [0.4, 0.5) is 18.9 Å². The van der Waals surface area contributed by atoms with Crippen molar-refractivity contribution in [1.29, 1.82) is 0 Å². The Bertz CT molecular complexity index is 2000. The van der Waals surface area contributed by atoms with Gasteiger partial charge in [0.2, 0.25) is 5.91 Å². The van der Waals surface area contributed by atoms with Crippen LogP contribution in [-0.4, -0.2) is 112 Å². The van der Waals surface area contributed by atoms with Gasteiger partial charge in [0.1, 0.15) is 0 Å². The van der Waals surface area contributed by atoms with Gasteiger partial charge >= 0.3 is 27.5 Å². The molecule has 0 radical (unpaired) electrons. The number of esters is 2. The van der Waals surface area contributed by atoms with E-state index < -0.39 is 33.4 Å². The molecule has 3 unspecified atom stereocenters. The molecule has 18 heteroatoms. The molecule has 2 N–H and O–H groups in total. The number of benzene rings is 2. The van der Waals surface area contributed by atoms with Crippen molar-refractivity contribution in [3.05, 3.63) is 86.2 Å². The van der Waals surface area contributed by atoms with E-state index in [1.807, 2.05) is 0 Å². The average Bonchev–Trinajstić information content (AvgIpc) is 3.34. The van der Waals surface area contributed by atoms with Gasteiger partial charge in [0, 0.05) is 71.3 Å². The molecule has 4 aliphatic rings. The Kier molecular flexibility index (Phi) is 12.7. The number of dihydropyridines is 1. The van der Waals surface area contributed by atoms with Crippen LogP contribution < -0.4 is 10.0 Å². The summed E-state index contributed by atoms with van der Waals surface area (Å²) in [4.78, 5) is 48.3. The quantitative estimate of drug-likeness (QED) is 0.276. The summed E-state index contributed by atoms with van der Waals surface area (Å²) in [5.74, 6) is -3.33. The fourth-order valence-corrected chi connectivity index (χ4v) is 9.72. The smallest absolute Gasteiger partial charge is 0.466 e. The summed E-state index contributed by atoms with van der Waals surface area (Å²) in [6, 6.07) is 11.8. The highest BCUT2D eigenvalue weighted by molar-refractivity contribution is 7.93. The average molecular weight is 843 g/mol. The highest BCUT2D eigenvalue weighted by atomic mass is 35.5. The Hall–Kier alpha value is -3.83. The lowest BCUT2D eigenvalue weighted by Gasteiger charge is -2.45. The van der Waals surface area contributed by atoms with Gasteiger partial charge in [-0.2, -0.15) is 21.6 Å². The van der Waals surface area contributed by atoms with Crippen molar-refractivity contribution in [2.75, 3.05) is 52.2 Å². The number of ether oxygens (including phenoxy) is 2. The number of sulfonamides is 1. The molecule has 3 atom stereocenters. The van der Waals surface area contributed by atoms with E-state index in [4.69, 9.17) is 32.7 Å². The molecule has 0 saturated carbocycles. The lowest BCUT2D eigenvalue weighted by atomic mass is 9.78. The second-order valence-electron chi connectivity index (χ2n) is 14.4. The van der Waals surface area contributed by atoms with E-state index in [9.17, 15) is 36.0 Å². The van der Waals surface area contributed by atoms with Crippen LogP contribution in [0.25, 0.3) is 0 Å². The molecule has 6 rings (SSSR count). The number of amides is 1. The van der Waals surface area contributed by atoms with Crippen LogP contribution in [0.15, 0.2) is 65.0 Å². The number of piperazine rings is 1. The van der Waals surface area contributed by atoms with E-state index in [2.05, 4.69) is 22.2 Å². The molecule has 12 nitrogen and oxygen atoms in total. The van der Waals surface area contributed by atoms with Crippen molar-refractivity contribution in [1.82, 2.24) is 20.0 Å². The van der Waals surface area contributed by atoms with E-state index in [1.165, 1.54) is 49.2 Å². The third-order valence-electron chi connectivity index (χ3n) is 11.4. The van der Waals surface area contributed by atoms with E-state index in [1.54, 1.807) is 15.7 Å². The van der Waals surface area contributed by atoms with Crippen LogP contribution in [0.3, 0.4) is 0 Å². The zero-order valence-electron chi connectivity index (χ0n) is 31.1. The first-order chi connectivity index (χ1) is 26.5. The number of hydrogen-bond donors (Lipinski definition) is 2. The number of halogens is 5. The third kappa shape index (κ3) is 8.54. The maximum absolute atomic E-state index is 14.1. The van der Waals surface area contributed by atoms with Gasteiger partial charge in [-0.1, -0.05) is 47.5 Å². The minimum absolute atomic E-state index is 0.0984. The second-order valence-corrected chi connectivity index (χ2v) is 16.9. The van der Waals surface area contributed by atoms with Crippen LogP contribution >= 0.6 is 23.2 Å². The van der Waals surface area contributed by atoms with Crippen molar-refractivity contribution in [2.45, 2.75) is 74.5 Å². The second kappa shape index (κ2) is 16.9. The first kappa shape index (κ1) is 41.8. The number of para-hydroxylation sites is 1. The van der Waals surface area contributed by atoms with Crippen molar-refractivity contribution in [3.8, 4) is 0 Å². The van der Waals surface area contributed by atoms with Crippen molar-refractivity contribution in [3.63, 3.8) is 0 Å². The Morgan fingerprint density at radius 3 is 1.98 bits per heavy atom. The Balaban J connectivity index is 1.33. The number of anilines is 1. The van der Waals surface area contributed by atoms with Gasteiger partial charge in [0.25, 0.3) is 0 Å². The molecular weight excluding hydrogens is 798 g/mol. The number of fused-ring (bicyclic) bond motifs is 2. The molecule has 0 aromatic heterocycles. The third-order valence-corrected chi connectivity index (χ3v) is 13.2. The van der Waals surface area contributed by atoms with Gasteiger partial charge in [-0.25, -0.2) is 9.59 Å². The van der Waals surface area contributed by atoms with Gasteiger partial charge in [-0.3, -0.25) is 14.4 Å². The SMILES string of the molecule is COC(=O)C1=C(CCc2ccccc2NS(=O)(=O)C(F)(F)F)NC(CC(=O)N2CCN(C3CC4CCC(C3)N4C)CC2)=C(C(=O)OC)C1c1c(Cl)cccc1Cl. The Labute approximate surface area is 334 Å². The van der Waals surface area contributed by atoms with Gasteiger partial charge in [0.05, 0.1) is 43.4 Å². The number of nitrogens with zero attached hydrogens (tertiary/aromatic N) is 3. The molecule has 0 spiro atoms. The lowest BCUT2D eigenvalue weighted by Crippen LogP contribution is -2.56. The summed E-state index contributed by atoms with van der Waals surface area (Å²) < 4.78 is 76.0. The van der Waals surface area contributed by atoms with E-state index in [0.29, 0.717) is 44.3 Å². The largest absolute Gasteiger partial charge is 0.516 e. The zero-order valence-corrected chi connectivity index (χ0v) is 33.5. The monoisotopic (exact) mass is 841 g/mol. The number of hydrogen-bond acceptors (Lipinski definition) is 10. The summed E-state index contributed by atoms with van der Waals surface area (Å²) in [6.45, 7) is 2.34. The molecule has 4 aliphatic heterocycles. The molecule has 2 aromatic rings. The number of carbonyl (C=O) groups is 3.